The van der Waals surface area contributed by atoms with E-state index in [0.717, 1.165) is 10.6 Å². The Labute approximate surface area is 103 Å². The normalized spacial score (nSPS) is 12.7. The Morgan fingerprint density at radius 3 is 2.82 bits per heavy atom. The molecule has 1 atom stereocenters. The van der Waals surface area contributed by atoms with Crippen molar-refractivity contribution in [3.05, 3.63) is 41.5 Å². The van der Waals surface area contributed by atoms with Crippen molar-refractivity contribution in [1.82, 2.24) is 4.98 Å². The molecule has 0 radical (unpaired) electrons. The number of hydrogen-bond donors (Lipinski definition) is 1. The van der Waals surface area contributed by atoms with Gasteiger partial charge in [0.15, 0.2) is 0 Å². The molecule has 90 valence electrons. The molecule has 2 aromatic rings. The third-order valence-corrected chi connectivity index (χ3v) is 3.17. The number of benzene rings is 1. The summed E-state index contributed by atoms with van der Waals surface area (Å²) in [5, 5.41) is 10.1. The van der Waals surface area contributed by atoms with E-state index in [4.69, 9.17) is 4.42 Å². The molecule has 0 aliphatic heterocycles. The van der Waals surface area contributed by atoms with Crippen LogP contribution in [0.1, 0.15) is 24.3 Å². The van der Waals surface area contributed by atoms with Crippen LogP contribution in [0.3, 0.4) is 0 Å². The quantitative estimate of drug-likeness (QED) is 0.911. The van der Waals surface area contributed by atoms with Crippen LogP contribution in [0, 0.1) is 12.7 Å². The van der Waals surface area contributed by atoms with Crippen molar-refractivity contribution in [2.45, 2.75) is 30.1 Å². The van der Waals surface area contributed by atoms with Crippen LogP contribution >= 0.6 is 11.8 Å². The number of halogens is 1. The minimum atomic E-state index is -0.732. The second-order valence-corrected chi connectivity index (χ2v) is 4.71. The van der Waals surface area contributed by atoms with E-state index in [9.17, 15) is 9.50 Å². The second-order valence-electron chi connectivity index (χ2n) is 3.71. The SMILES string of the molecule is Cc1coc(Sc2ccc(F)cc2C(C)O)n1. The van der Waals surface area contributed by atoms with E-state index in [1.54, 1.807) is 19.3 Å². The van der Waals surface area contributed by atoms with Crippen LogP contribution in [0.25, 0.3) is 0 Å². The fourth-order valence-electron chi connectivity index (χ4n) is 1.41. The predicted molar refractivity (Wildman–Crippen MR) is 62.4 cm³/mol. The molecule has 0 saturated carbocycles. The lowest BCUT2D eigenvalue weighted by molar-refractivity contribution is 0.196. The Bertz CT molecular complexity index is 525. The largest absolute Gasteiger partial charge is 0.439 e. The van der Waals surface area contributed by atoms with Gasteiger partial charge in [0.25, 0.3) is 5.22 Å². The zero-order valence-corrected chi connectivity index (χ0v) is 10.3. The fourth-order valence-corrected chi connectivity index (χ4v) is 2.37. The van der Waals surface area contributed by atoms with Crippen LogP contribution < -0.4 is 0 Å². The summed E-state index contributed by atoms with van der Waals surface area (Å²) in [5.74, 6) is -0.367. The fraction of sp³-hybridized carbons (Fsp3) is 0.250. The maximum atomic E-state index is 13.1. The number of hydrogen-bond acceptors (Lipinski definition) is 4. The number of nitrogens with zero attached hydrogens (tertiary/aromatic N) is 1. The molecule has 0 spiro atoms. The monoisotopic (exact) mass is 253 g/mol. The Morgan fingerprint density at radius 1 is 1.47 bits per heavy atom. The molecule has 5 heteroatoms. The van der Waals surface area contributed by atoms with Gasteiger partial charge in [0.05, 0.1) is 11.8 Å². The van der Waals surface area contributed by atoms with Crippen LogP contribution in [0.15, 0.2) is 39.0 Å². The maximum absolute atomic E-state index is 13.1. The summed E-state index contributed by atoms with van der Waals surface area (Å²) in [7, 11) is 0. The van der Waals surface area contributed by atoms with Gasteiger partial charge in [-0.2, -0.15) is 0 Å². The second kappa shape index (κ2) is 4.89. The van der Waals surface area contributed by atoms with Crippen molar-refractivity contribution in [3.8, 4) is 0 Å². The summed E-state index contributed by atoms with van der Waals surface area (Å²) < 4.78 is 18.3. The van der Waals surface area contributed by atoms with Gasteiger partial charge in [-0.05, 0) is 49.4 Å². The van der Waals surface area contributed by atoms with Crippen molar-refractivity contribution in [2.75, 3.05) is 0 Å². The van der Waals surface area contributed by atoms with Crippen molar-refractivity contribution in [2.24, 2.45) is 0 Å². The minimum Gasteiger partial charge on any atom is -0.439 e. The maximum Gasteiger partial charge on any atom is 0.260 e. The van der Waals surface area contributed by atoms with Gasteiger partial charge in [-0.15, -0.1) is 0 Å². The van der Waals surface area contributed by atoms with Gasteiger partial charge in [-0.3, -0.25) is 0 Å². The van der Waals surface area contributed by atoms with Gasteiger partial charge < -0.3 is 9.52 Å². The van der Waals surface area contributed by atoms with Gasteiger partial charge in [-0.1, -0.05) is 0 Å². The molecule has 17 heavy (non-hydrogen) atoms. The van der Waals surface area contributed by atoms with E-state index >= 15 is 0 Å². The van der Waals surface area contributed by atoms with Crippen LogP contribution in [0.5, 0.6) is 0 Å². The molecule has 0 fully saturated rings. The van der Waals surface area contributed by atoms with Crippen LogP contribution in [-0.4, -0.2) is 10.1 Å². The number of aryl methyl sites for hydroxylation is 1. The lowest BCUT2D eigenvalue weighted by Gasteiger charge is -2.09. The Morgan fingerprint density at radius 2 is 2.24 bits per heavy atom. The van der Waals surface area contributed by atoms with Gasteiger partial charge in [-0.25, -0.2) is 9.37 Å². The molecular weight excluding hydrogens is 241 g/mol. The molecule has 1 aromatic carbocycles. The third kappa shape index (κ3) is 2.87. The molecule has 1 aromatic heterocycles. The summed E-state index contributed by atoms with van der Waals surface area (Å²) in [6.45, 7) is 3.42. The summed E-state index contributed by atoms with van der Waals surface area (Å²) in [6.07, 6.45) is 0.817. The van der Waals surface area contributed by atoms with Crippen molar-refractivity contribution in [3.63, 3.8) is 0 Å². The van der Waals surface area contributed by atoms with E-state index < -0.39 is 6.10 Å². The smallest absolute Gasteiger partial charge is 0.260 e. The van der Waals surface area contributed by atoms with E-state index in [1.807, 2.05) is 6.92 Å². The molecule has 0 aliphatic rings. The van der Waals surface area contributed by atoms with Crippen molar-refractivity contribution >= 4 is 11.8 Å². The minimum absolute atomic E-state index is 0.367. The number of aliphatic hydroxyl groups excluding tert-OH is 1. The van der Waals surface area contributed by atoms with Crippen LogP contribution in [-0.2, 0) is 0 Å². The Balaban J connectivity index is 2.32. The predicted octanol–water partition coefficient (Wildman–Crippen LogP) is 3.33. The highest BCUT2D eigenvalue weighted by atomic mass is 32.2. The summed E-state index contributed by atoms with van der Waals surface area (Å²) in [4.78, 5) is 4.89. The first kappa shape index (κ1) is 12.1. The number of aliphatic hydroxyl groups is 1. The average Bonchev–Trinajstić information content (AvgIpc) is 2.66. The zero-order valence-electron chi connectivity index (χ0n) is 9.48. The number of rotatable bonds is 3. The average molecular weight is 253 g/mol. The van der Waals surface area contributed by atoms with Gasteiger partial charge in [0.2, 0.25) is 0 Å². The first-order chi connectivity index (χ1) is 8.06. The van der Waals surface area contributed by atoms with E-state index in [1.165, 1.54) is 23.9 Å². The standard InChI is InChI=1S/C12H12FNO2S/c1-7-6-16-12(14-7)17-11-4-3-9(13)5-10(11)8(2)15/h3-6,8,15H,1-2H3. The Hall–Kier alpha value is -1.33. The molecular formula is C12H12FNO2S. The number of oxazole rings is 1. The molecule has 1 heterocycles. The zero-order chi connectivity index (χ0) is 12.4. The lowest BCUT2D eigenvalue weighted by Crippen LogP contribution is -1.95. The topological polar surface area (TPSA) is 46.3 Å². The highest BCUT2D eigenvalue weighted by molar-refractivity contribution is 7.99. The highest BCUT2D eigenvalue weighted by Gasteiger charge is 2.12. The first-order valence-electron chi connectivity index (χ1n) is 5.14. The summed E-state index contributed by atoms with van der Waals surface area (Å²) in [5.41, 5.74) is 1.32. The first-order valence-corrected chi connectivity index (χ1v) is 5.95. The highest BCUT2D eigenvalue weighted by Crippen LogP contribution is 2.33. The molecule has 3 nitrogen and oxygen atoms in total. The molecule has 1 N–H and O–H groups in total. The van der Waals surface area contributed by atoms with E-state index in [0.29, 0.717) is 10.8 Å². The van der Waals surface area contributed by atoms with Gasteiger partial charge in [0.1, 0.15) is 12.1 Å². The Kier molecular flexibility index (Phi) is 3.49. The van der Waals surface area contributed by atoms with Gasteiger partial charge in [0, 0.05) is 4.90 Å². The van der Waals surface area contributed by atoms with Crippen molar-refractivity contribution < 1.29 is 13.9 Å². The molecule has 1 unspecified atom stereocenters. The van der Waals surface area contributed by atoms with E-state index in [-0.39, 0.29) is 5.82 Å². The van der Waals surface area contributed by atoms with E-state index in [2.05, 4.69) is 4.98 Å². The molecule has 0 aliphatic carbocycles. The molecule has 0 bridgehead atoms. The molecule has 0 amide bonds. The molecule has 0 saturated heterocycles. The van der Waals surface area contributed by atoms with Crippen LogP contribution in [0.4, 0.5) is 4.39 Å². The lowest BCUT2D eigenvalue weighted by atomic mass is 10.1. The van der Waals surface area contributed by atoms with Crippen LogP contribution in [0.2, 0.25) is 0 Å². The van der Waals surface area contributed by atoms with Gasteiger partial charge >= 0.3 is 0 Å². The third-order valence-electron chi connectivity index (χ3n) is 2.22. The van der Waals surface area contributed by atoms with Crippen molar-refractivity contribution in [1.29, 1.82) is 0 Å². The molecule has 2 rings (SSSR count). The summed E-state index contributed by atoms with van der Waals surface area (Å²) >= 11 is 1.27. The number of aromatic nitrogens is 1. The summed E-state index contributed by atoms with van der Waals surface area (Å²) in [6, 6.07) is 4.29.